The van der Waals surface area contributed by atoms with Crippen LogP contribution in [0.2, 0.25) is 0 Å². The van der Waals surface area contributed by atoms with Gasteiger partial charge in [-0.2, -0.15) is 5.10 Å². The number of aryl methyl sites for hydroxylation is 1. The van der Waals surface area contributed by atoms with Gasteiger partial charge in [-0.3, -0.25) is 9.59 Å². The molecule has 1 fully saturated rings. The van der Waals surface area contributed by atoms with E-state index >= 15 is 0 Å². The van der Waals surface area contributed by atoms with E-state index in [1.165, 1.54) is 0 Å². The van der Waals surface area contributed by atoms with Crippen molar-refractivity contribution in [3.8, 4) is 0 Å². The molecule has 25 heavy (non-hydrogen) atoms. The quantitative estimate of drug-likeness (QED) is 0.904. The Morgan fingerprint density at radius 3 is 2.88 bits per heavy atom. The van der Waals surface area contributed by atoms with Gasteiger partial charge in [-0.25, -0.2) is 9.67 Å². The van der Waals surface area contributed by atoms with Crippen LogP contribution in [0.25, 0.3) is 11.0 Å². The molecule has 3 rings (SSSR count). The molecule has 0 saturated carbocycles. The van der Waals surface area contributed by atoms with E-state index in [0.717, 1.165) is 5.69 Å². The van der Waals surface area contributed by atoms with Gasteiger partial charge in [0.2, 0.25) is 0 Å². The molecule has 3 heterocycles. The second kappa shape index (κ2) is 6.79. The maximum Gasteiger partial charge on any atom is 0.305 e. The standard InChI is InChI=1S/C17H22N4O4/c1-10(2)21-16-14(8-18-21)13(6-11(3)19-16)17(24)20-4-5-25-9-12(20)7-15(22)23/h6,8,10,12H,4-5,7,9H2,1-3H3,(H,22,23). The number of pyridine rings is 1. The van der Waals surface area contributed by atoms with Crippen LogP contribution in [0, 0.1) is 6.92 Å². The summed E-state index contributed by atoms with van der Waals surface area (Å²) in [6.07, 6.45) is 1.52. The lowest BCUT2D eigenvalue weighted by molar-refractivity contribution is -0.139. The molecule has 1 saturated heterocycles. The second-order valence-electron chi connectivity index (χ2n) is 6.56. The molecule has 8 nitrogen and oxygen atoms in total. The lowest BCUT2D eigenvalue weighted by atomic mass is 10.1. The fourth-order valence-electron chi connectivity index (χ4n) is 3.15. The van der Waals surface area contributed by atoms with Gasteiger partial charge in [0.15, 0.2) is 5.65 Å². The molecule has 2 aromatic heterocycles. The molecule has 0 bridgehead atoms. The van der Waals surface area contributed by atoms with Crippen molar-refractivity contribution in [2.24, 2.45) is 0 Å². The Bertz CT molecular complexity index is 814. The highest BCUT2D eigenvalue weighted by Crippen LogP contribution is 2.24. The van der Waals surface area contributed by atoms with Crippen LogP contribution in [0.5, 0.6) is 0 Å². The summed E-state index contributed by atoms with van der Waals surface area (Å²) in [7, 11) is 0. The minimum absolute atomic E-state index is 0.123. The fraction of sp³-hybridized carbons (Fsp3) is 0.529. The minimum Gasteiger partial charge on any atom is -0.481 e. The molecule has 0 radical (unpaired) electrons. The highest BCUT2D eigenvalue weighted by atomic mass is 16.5. The fourth-order valence-corrected chi connectivity index (χ4v) is 3.15. The van der Waals surface area contributed by atoms with E-state index in [-0.39, 0.29) is 25.0 Å². The highest BCUT2D eigenvalue weighted by Gasteiger charge is 2.31. The van der Waals surface area contributed by atoms with E-state index in [0.29, 0.717) is 29.7 Å². The molecular formula is C17H22N4O4. The molecule has 1 unspecified atom stereocenters. The molecule has 1 aliphatic heterocycles. The van der Waals surface area contributed by atoms with Crippen LogP contribution in [-0.4, -0.2) is 62.4 Å². The van der Waals surface area contributed by atoms with Gasteiger partial charge in [-0.05, 0) is 26.8 Å². The largest absolute Gasteiger partial charge is 0.481 e. The van der Waals surface area contributed by atoms with Crippen LogP contribution in [-0.2, 0) is 9.53 Å². The molecule has 0 aliphatic carbocycles. The van der Waals surface area contributed by atoms with Crippen molar-refractivity contribution < 1.29 is 19.4 Å². The number of hydrogen-bond acceptors (Lipinski definition) is 5. The van der Waals surface area contributed by atoms with E-state index < -0.39 is 12.0 Å². The van der Waals surface area contributed by atoms with Gasteiger partial charge in [0, 0.05) is 18.3 Å². The summed E-state index contributed by atoms with van der Waals surface area (Å²) in [5, 5.41) is 14.1. The van der Waals surface area contributed by atoms with Gasteiger partial charge >= 0.3 is 5.97 Å². The molecule has 1 atom stereocenters. The molecule has 1 amide bonds. The smallest absolute Gasteiger partial charge is 0.305 e. The number of carbonyl (C=O) groups is 2. The van der Waals surface area contributed by atoms with E-state index in [9.17, 15) is 9.59 Å². The Kier molecular flexibility index (Phi) is 4.71. The Hall–Kier alpha value is -2.48. The lowest BCUT2D eigenvalue weighted by Gasteiger charge is -2.35. The molecule has 134 valence electrons. The number of morpholine rings is 1. The van der Waals surface area contributed by atoms with E-state index in [1.54, 1.807) is 21.8 Å². The highest BCUT2D eigenvalue weighted by molar-refractivity contribution is 6.05. The third-order valence-corrected chi connectivity index (χ3v) is 4.31. The predicted octanol–water partition coefficient (Wildman–Crippen LogP) is 1.64. The number of carboxylic acids is 1. The third kappa shape index (κ3) is 3.34. The topological polar surface area (TPSA) is 97.5 Å². The first-order valence-corrected chi connectivity index (χ1v) is 8.34. The van der Waals surface area contributed by atoms with Gasteiger partial charge in [0.05, 0.1) is 42.8 Å². The first kappa shape index (κ1) is 17.3. The zero-order valence-electron chi connectivity index (χ0n) is 14.6. The Morgan fingerprint density at radius 2 is 2.20 bits per heavy atom. The minimum atomic E-state index is -0.947. The predicted molar refractivity (Wildman–Crippen MR) is 90.5 cm³/mol. The number of aromatic nitrogens is 3. The van der Waals surface area contributed by atoms with Gasteiger partial charge in [0.25, 0.3) is 5.91 Å². The van der Waals surface area contributed by atoms with Crippen LogP contribution < -0.4 is 0 Å². The first-order chi connectivity index (χ1) is 11.9. The summed E-state index contributed by atoms with van der Waals surface area (Å²) in [6.45, 7) is 6.85. The lowest BCUT2D eigenvalue weighted by Crippen LogP contribution is -2.49. The van der Waals surface area contributed by atoms with Gasteiger partial charge in [0.1, 0.15) is 0 Å². The summed E-state index contributed by atoms with van der Waals surface area (Å²) < 4.78 is 7.14. The Balaban J connectivity index is 2.02. The van der Waals surface area contributed by atoms with Crippen molar-refractivity contribution in [2.45, 2.75) is 39.3 Å². The van der Waals surface area contributed by atoms with Crippen molar-refractivity contribution in [1.29, 1.82) is 0 Å². The van der Waals surface area contributed by atoms with E-state index in [1.807, 2.05) is 20.8 Å². The van der Waals surface area contributed by atoms with Crippen LogP contribution in [0.4, 0.5) is 0 Å². The molecule has 8 heteroatoms. The molecule has 1 N–H and O–H groups in total. The van der Waals surface area contributed by atoms with Gasteiger partial charge in [-0.15, -0.1) is 0 Å². The normalized spacial score (nSPS) is 18.1. The monoisotopic (exact) mass is 346 g/mol. The maximum absolute atomic E-state index is 13.1. The number of nitrogens with zero attached hydrogens (tertiary/aromatic N) is 4. The van der Waals surface area contributed by atoms with Gasteiger partial charge in [-0.1, -0.05) is 0 Å². The van der Waals surface area contributed by atoms with Crippen LogP contribution in [0.3, 0.4) is 0 Å². The third-order valence-electron chi connectivity index (χ3n) is 4.31. The van der Waals surface area contributed by atoms with Crippen molar-refractivity contribution in [3.05, 3.63) is 23.5 Å². The summed E-state index contributed by atoms with van der Waals surface area (Å²) in [6, 6.07) is 1.39. The SMILES string of the molecule is Cc1cc(C(=O)N2CCOCC2CC(=O)O)c2cnn(C(C)C)c2n1. The second-order valence-corrected chi connectivity index (χ2v) is 6.56. The van der Waals surface area contributed by atoms with E-state index in [2.05, 4.69) is 10.1 Å². The first-order valence-electron chi connectivity index (χ1n) is 8.34. The van der Waals surface area contributed by atoms with Crippen molar-refractivity contribution >= 4 is 22.9 Å². The number of aliphatic carboxylic acids is 1. The molecular weight excluding hydrogens is 324 g/mol. The molecule has 1 aliphatic rings. The number of fused-ring (bicyclic) bond motifs is 1. The summed E-state index contributed by atoms with van der Waals surface area (Å²) in [5.74, 6) is -1.15. The molecule has 2 aromatic rings. The average Bonchev–Trinajstić information content (AvgIpc) is 2.97. The van der Waals surface area contributed by atoms with Crippen LogP contribution in [0.1, 0.15) is 42.4 Å². The maximum atomic E-state index is 13.1. The number of ether oxygens (including phenoxy) is 1. The number of carbonyl (C=O) groups excluding carboxylic acids is 1. The Morgan fingerprint density at radius 1 is 1.44 bits per heavy atom. The van der Waals surface area contributed by atoms with Crippen molar-refractivity contribution in [3.63, 3.8) is 0 Å². The zero-order valence-corrected chi connectivity index (χ0v) is 14.6. The Labute approximate surface area is 145 Å². The van der Waals surface area contributed by atoms with E-state index in [4.69, 9.17) is 9.84 Å². The zero-order chi connectivity index (χ0) is 18.1. The molecule has 0 aromatic carbocycles. The van der Waals surface area contributed by atoms with Crippen LogP contribution in [0.15, 0.2) is 12.3 Å². The molecule has 0 spiro atoms. The van der Waals surface area contributed by atoms with Crippen molar-refractivity contribution in [2.75, 3.05) is 19.8 Å². The number of carboxylic acid groups (broad SMARTS) is 1. The van der Waals surface area contributed by atoms with Gasteiger partial charge < -0.3 is 14.7 Å². The summed E-state index contributed by atoms with van der Waals surface area (Å²) >= 11 is 0. The van der Waals surface area contributed by atoms with Crippen LogP contribution >= 0.6 is 0 Å². The van der Waals surface area contributed by atoms with Crippen molar-refractivity contribution in [1.82, 2.24) is 19.7 Å². The number of amides is 1. The average molecular weight is 346 g/mol. The number of rotatable bonds is 4. The summed E-state index contributed by atoms with van der Waals surface area (Å²) in [4.78, 5) is 30.4. The summed E-state index contributed by atoms with van der Waals surface area (Å²) in [5.41, 5.74) is 1.90. The number of hydrogen-bond donors (Lipinski definition) is 1.